The second kappa shape index (κ2) is 8.05. The minimum atomic E-state index is -4.85. The summed E-state index contributed by atoms with van der Waals surface area (Å²) in [4.78, 5) is 12.3. The van der Waals surface area contributed by atoms with E-state index in [2.05, 4.69) is 10.1 Å². The van der Waals surface area contributed by atoms with Crippen molar-refractivity contribution in [1.29, 1.82) is 0 Å². The molecule has 128 valence electrons. The minimum Gasteiger partial charge on any atom is -0.404 e. The first-order chi connectivity index (χ1) is 11.3. The van der Waals surface area contributed by atoms with E-state index < -0.39 is 18.0 Å². The van der Waals surface area contributed by atoms with Gasteiger partial charge in [-0.3, -0.25) is 4.79 Å². The van der Waals surface area contributed by atoms with Crippen LogP contribution in [0.1, 0.15) is 6.42 Å². The van der Waals surface area contributed by atoms with E-state index in [1.165, 1.54) is 24.3 Å². The molecule has 0 unspecified atom stereocenters. The van der Waals surface area contributed by atoms with Crippen LogP contribution in [0.3, 0.4) is 0 Å². The lowest BCUT2D eigenvalue weighted by atomic mass is 10.3. The van der Waals surface area contributed by atoms with Crippen LogP contribution in [0.15, 0.2) is 53.4 Å². The Balaban J connectivity index is 1.90. The number of benzene rings is 2. The van der Waals surface area contributed by atoms with Crippen molar-refractivity contribution in [3.8, 4) is 5.75 Å². The third-order valence-electron chi connectivity index (χ3n) is 2.81. The van der Waals surface area contributed by atoms with Gasteiger partial charge in [0, 0.05) is 17.1 Å². The number of rotatable bonds is 6. The lowest BCUT2D eigenvalue weighted by Crippen LogP contribution is -2.19. The van der Waals surface area contributed by atoms with Crippen LogP contribution in [0.4, 0.5) is 23.2 Å². The number of para-hydroxylation sites is 2. The summed E-state index contributed by atoms with van der Waals surface area (Å²) in [5, 5.41) is 2.36. The molecule has 0 aliphatic rings. The molecule has 0 saturated heterocycles. The van der Waals surface area contributed by atoms with E-state index >= 15 is 0 Å². The number of halogens is 4. The molecule has 3 nitrogen and oxygen atoms in total. The van der Waals surface area contributed by atoms with Crippen molar-refractivity contribution < 1.29 is 27.1 Å². The van der Waals surface area contributed by atoms with Crippen LogP contribution in [-0.4, -0.2) is 18.0 Å². The lowest BCUT2D eigenvalue weighted by Gasteiger charge is -2.13. The number of hydrogen-bond acceptors (Lipinski definition) is 3. The molecule has 0 aliphatic heterocycles. The number of nitrogens with one attached hydrogen (secondary N) is 1. The van der Waals surface area contributed by atoms with Crippen molar-refractivity contribution in [2.75, 3.05) is 11.1 Å². The van der Waals surface area contributed by atoms with Gasteiger partial charge in [0.25, 0.3) is 0 Å². The van der Waals surface area contributed by atoms with Gasteiger partial charge >= 0.3 is 6.36 Å². The summed E-state index contributed by atoms with van der Waals surface area (Å²) in [7, 11) is 0. The van der Waals surface area contributed by atoms with Gasteiger partial charge in [-0.1, -0.05) is 24.3 Å². The molecule has 0 radical (unpaired) electrons. The molecule has 0 saturated carbocycles. The van der Waals surface area contributed by atoms with Gasteiger partial charge in [0.1, 0.15) is 5.82 Å². The van der Waals surface area contributed by atoms with Crippen molar-refractivity contribution in [2.45, 2.75) is 17.7 Å². The average molecular weight is 359 g/mol. The number of thioether (sulfide) groups is 1. The highest BCUT2D eigenvalue weighted by Gasteiger charge is 2.32. The van der Waals surface area contributed by atoms with Crippen LogP contribution >= 0.6 is 11.8 Å². The second-order valence-corrected chi connectivity index (χ2v) is 5.76. The number of amides is 1. The van der Waals surface area contributed by atoms with Gasteiger partial charge in [-0.25, -0.2) is 4.39 Å². The van der Waals surface area contributed by atoms with E-state index in [9.17, 15) is 22.4 Å². The van der Waals surface area contributed by atoms with Gasteiger partial charge in [-0.15, -0.1) is 24.9 Å². The average Bonchev–Trinajstić information content (AvgIpc) is 2.50. The van der Waals surface area contributed by atoms with Crippen LogP contribution in [0.5, 0.6) is 5.75 Å². The molecule has 0 bridgehead atoms. The molecule has 0 spiro atoms. The summed E-state index contributed by atoms with van der Waals surface area (Å²) < 4.78 is 54.2. The van der Waals surface area contributed by atoms with Crippen LogP contribution in [0.2, 0.25) is 0 Å². The Labute approximate surface area is 140 Å². The molecule has 0 atom stereocenters. The highest BCUT2D eigenvalue weighted by atomic mass is 32.2. The molecule has 0 aliphatic carbocycles. The van der Waals surface area contributed by atoms with E-state index in [0.29, 0.717) is 4.90 Å². The van der Waals surface area contributed by atoms with Gasteiger partial charge in [0.05, 0.1) is 5.69 Å². The normalized spacial score (nSPS) is 11.2. The van der Waals surface area contributed by atoms with Gasteiger partial charge in [-0.2, -0.15) is 0 Å². The molecular weight excluding hydrogens is 346 g/mol. The molecule has 2 rings (SSSR count). The fourth-order valence-corrected chi connectivity index (χ4v) is 2.70. The van der Waals surface area contributed by atoms with Crippen molar-refractivity contribution >= 4 is 23.4 Å². The summed E-state index contributed by atoms with van der Waals surface area (Å²) in [6.07, 6.45) is -4.83. The molecule has 8 heteroatoms. The maximum absolute atomic E-state index is 13.4. The third kappa shape index (κ3) is 5.77. The van der Waals surface area contributed by atoms with Crippen LogP contribution in [0, 0.1) is 5.82 Å². The summed E-state index contributed by atoms with van der Waals surface area (Å²) in [5.74, 6) is -1.07. The number of anilines is 1. The first kappa shape index (κ1) is 18.1. The standard InChI is InChI=1S/C16H13F4NO2S/c17-11-5-1-4-8-14(11)24-10-9-15(22)21-12-6-2-3-7-13(12)23-16(18,19)20/h1-8H,9-10H2,(H,21,22). The smallest absolute Gasteiger partial charge is 0.404 e. The Bertz CT molecular complexity index is 706. The number of carbonyl (C=O) groups is 1. The summed E-state index contributed by atoms with van der Waals surface area (Å²) >= 11 is 1.15. The maximum Gasteiger partial charge on any atom is 0.573 e. The zero-order chi connectivity index (χ0) is 17.6. The predicted molar refractivity (Wildman–Crippen MR) is 83.5 cm³/mol. The Morgan fingerprint density at radius 1 is 1.08 bits per heavy atom. The largest absolute Gasteiger partial charge is 0.573 e. The molecule has 2 aromatic rings. The molecule has 0 fully saturated rings. The van der Waals surface area contributed by atoms with Crippen molar-refractivity contribution in [1.82, 2.24) is 0 Å². The predicted octanol–water partition coefficient (Wildman–Crippen LogP) is 4.85. The van der Waals surface area contributed by atoms with Crippen LogP contribution < -0.4 is 10.1 Å². The SMILES string of the molecule is O=C(CCSc1ccccc1F)Nc1ccccc1OC(F)(F)F. The fraction of sp³-hybridized carbons (Fsp3) is 0.188. The Hall–Kier alpha value is -2.22. The first-order valence-electron chi connectivity index (χ1n) is 6.87. The summed E-state index contributed by atoms with van der Waals surface area (Å²) in [6, 6.07) is 11.4. The van der Waals surface area contributed by atoms with Gasteiger partial charge in [0.2, 0.25) is 5.91 Å². The van der Waals surface area contributed by atoms with E-state index in [4.69, 9.17) is 0 Å². The summed E-state index contributed by atoms with van der Waals surface area (Å²) in [5.41, 5.74) is -0.0734. The van der Waals surface area contributed by atoms with Gasteiger partial charge < -0.3 is 10.1 Å². The van der Waals surface area contributed by atoms with E-state index in [1.54, 1.807) is 18.2 Å². The van der Waals surface area contributed by atoms with Gasteiger partial charge in [0.15, 0.2) is 5.75 Å². The molecule has 2 aromatic carbocycles. The van der Waals surface area contributed by atoms with Crippen LogP contribution in [-0.2, 0) is 4.79 Å². The highest BCUT2D eigenvalue weighted by molar-refractivity contribution is 7.99. The lowest BCUT2D eigenvalue weighted by molar-refractivity contribution is -0.274. The van der Waals surface area contributed by atoms with E-state index in [0.717, 1.165) is 17.8 Å². The molecule has 1 amide bonds. The van der Waals surface area contributed by atoms with Crippen molar-refractivity contribution in [2.24, 2.45) is 0 Å². The molecular formula is C16H13F4NO2S. The number of alkyl halides is 3. The summed E-state index contributed by atoms with van der Waals surface area (Å²) in [6.45, 7) is 0. The maximum atomic E-state index is 13.4. The Morgan fingerprint density at radius 2 is 1.75 bits per heavy atom. The quantitative estimate of drug-likeness (QED) is 0.592. The number of hydrogen-bond donors (Lipinski definition) is 1. The zero-order valence-electron chi connectivity index (χ0n) is 12.3. The molecule has 24 heavy (non-hydrogen) atoms. The molecule has 0 heterocycles. The van der Waals surface area contributed by atoms with Gasteiger partial charge in [-0.05, 0) is 24.3 Å². The topological polar surface area (TPSA) is 38.3 Å². The zero-order valence-corrected chi connectivity index (χ0v) is 13.1. The Kier molecular flexibility index (Phi) is 6.08. The van der Waals surface area contributed by atoms with E-state index in [-0.39, 0.29) is 23.7 Å². The monoisotopic (exact) mass is 359 g/mol. The van der Waals surface area contributed by atoms with Crippen molar-refractivity contribution in [3.05, 3.63) is 54.3 Å². The second-order valence-electron chi connectivity index (χ2n) is 4.62. The molecule has 1 N–H and O–H groups in total. The number of carbonyl (C=O) groups excluding carboxylic acids is 1. The fourth-order valence-electron chi connectivity index (χ4n) is 1.81. The first-order valence-corrected chi connectivity index (χ1v) is 7.85. The number of ether oxygens (including phenoxy) is 1. The molecule has 0 aromatic heterocycles. The minimum absolute atomic E-state index is 0.0132. The van der Waals surface area contributed by atoms with E-state index in [1.807, 2.05) is 0 Å². The van der Waals surface area contributed by atoms with Crippen LogP contribution in [0.25, 0.3) is 0 Å². The third-order valence-corrected chi connectivity index (χ3v) is 3.86. The Morgan fingerprint density at radius 3 is 2.46 bits per heavy atom. The van der Waals surface area contributed by atoms with Crippen molar-refractivity contribution in [3.63, 3.8) is 0 Å². The highest BCUT2D eigenvalue weighted by Crippen LogP contribution is 2.30.